The average molecular weight is 471 g/mol. The lowest BCUT2D eigenvalue weighted by atomic mass is 9.89. The Hall–Kier alpha value is -2.29. The van der Waals surface area contributed by atoms with E-state index in [0.717, 1.165) is 11.1 Å². The van der Waals surface area contributed by atoms with Crippen molar-refractivity contribution in [1.82, 2.24) is 0 Å². The molecule has 6 atom stereocenters. The summed E-state index contributed by atoms with van der Waals surface area (Å²) in [5.74, 6) is -0.370. The van der Waals surface area contributed by atoms with Crippen molar-refractivity contribution in [3.05, 3.63) is 71.8 Å². The third-order valence-electron chi connectivity index (χ3n) is 6.27. The Kier molecular flexibility index (Phi) is 9.07. The van der Waals surface area contributed by atoms with Gasteiger partial charge in [-0.1, -0.05) is 60.7 Å². The SMILES string of the molecule is CCOC(=O)C[C@@H]1O[C@@H]2C[C@H](OCc3ccccc3)[C@@H](COCc3ccccc3)O[C@H]2C[C@H]1O. The molecule has 0 radical (unpaired) electrons. The van der Waals surface area contributed by atoms with Crippen LogP contribution in [0, 0.1) is 0 Å². The number of aliphatic hydroxyl groups is 1. The van der Waals surface area contributed by atoms with Gasteiger partial charge in [0.15, 0.2) is 0 Å². The number of fused-ring (bicyclic) bond motifs is 1. The molecule has 2 aliphatic rings. The molecule has 184 valence electrons. The minimum Gasteiger partial charge on any atom is -0.466 e. The fraction of sp³-hybridized carbons (Fsp3) is 0.519. The number of ether oxygens (including phenoxy) is 5. The lowest BCUT2D eigenvalue weighted by Gasteiger charge is -2.46. The van der Waals surface area contributed by atoms with Gasteiger partial charge < -0.3 is 28.8 Å². The van der Waals surface area contributed by atoms with E-state index >= 15 is 0 Å². The molecule has 0 unspecified atom stereocenters. The molecule has 0 aliphatic carbocycles. The summed E-state index contributed by atoms with van der Waals surface area (Å²) in [5, 5.41) is 10.6. The third kappa shape index (κ3) is 6.87. The Labute approximate surface area is 200 Å². The van der Waals surface area contributed by atoms with Gasteiger partial charge in [0.25, 0.3) is 0 Å². The number of aliphatic hydroxyl groups excluding tert-OH is 1. The van der Waals surface area contributed by atoms with Crippen molar-refractivity contribution < 1.29 is 33.6 Å². The molecule has 7 nitrogen and oxygen atoms in total. The second-order valence-corrected chi connectivity index (χ2v) is 8.81. The molecule has 2 saturated heterocycles. The lowest BCUT2D eigenvalue weighted by molar-refractivity contribution is -0.259. The molecule has 0 saturated carbocycles. The van der Waals surface area contributed by atoms with E-state index in [1.54, 1.807) is 6.92 Å². The molecule has 2 heterocycles. The number of rotatable bonds is 10. The van der Waals surface area contributed by atoms with Gasteiger partial charge in [-0.2, -0.15) is 0 Å². The topological polar surface area (TPSA) is 83.5 Å². The first-order chi connectivity index (χ1) is 16.6. The van der Waals surface area contributed by atoms with Gasteiger partial charge in [0, 0.05) is 12.8 Å². The monoisotopic (exact) mass is 470 g/mol. The summed E-state index contributed by atoms with van der Waals surface area (Å²) in [4.78, 5) is 11.9. The van der Waals surface area contributed by atoms with Crippen molar-refractivity contribution in [1.29, 1.82) is 0 Å². The first kappa shape index (κ1) is 24.8. The molecule has 7 heteroatoms. The van der Waals surface area contributed by atoms with E-state index in [-0.39, 0.29) is 36.8 Å². The van der Waals surface area contributed by atoms with Gasteiger partial charge in [-0.15, -0.1) is 0 Å². The van der Waals surface area contributed by atoms with Gasteiger partial charge in [-0.3, -0.25) is 4.79 Å². The van der Waals surface area contributed by atoms with Crippen molar-refractivity contribution in [2.24, 2.45) is 0 Å². The lowest BCUT2D eigenvalue weighted by Crippen LogP contribution is -2.57. The standard InChI is InChI=1S/C27H34O7/c1-2-31-27(29)15-22-21(28)13-24-25(33-22)14-23(32-17-20-11-7-4-8-12-20)26(34-24)18-30-16-19-9-5-3-6-10-19/h3-12,21-26,28H,2,13-18H2,1H3/t21-,22+,23+,24+,25-,26-/m1/s1. The molecular weight excluding hydrogens is 436 g/mol. The van der Waals surface area contributed by atoms with Crippen molar-refractivity contribution in [3.63, 3.8) is 0 Å². The van der Waals surface area contributed by atoms with E-state index in [1.165, 1.54) is 0 Å². The third-order valence-corrected chi connectivity index (χ3v) is 6.27. The predicted octanol–water partition coefficient (Wildman–Crippen LogP) is 3.42. The Bertz CT molecular complexity index is 875. The van der Waals surface area contributed by atoms with Gasteiger partial charge in [0.1, 0.15) is 6.10 Å². The maximum Gasteiger partial charge on any atom is 0.308 e. The van der Waals surface area contributed by atoms with Crippen molar-refractivity contribution in [2.75, 3.05) is 13.2 Å². The zero-order chi connectivity index (χ0) is 23.8. The first-order valence-electron chi connectivity index (χ1n) is 12.0. The zero-order valence-corrected chi connectivity index (χ0v) is 19.6. The Balaban J connectivity index is 1.39. The second kappa shape index (κ2) is 12.4. The van der Waals surface area contributed by atoms with Crippen molar-refractivity contribution >= 4 is 5.97 Å². The molecule has 2 aromatic carbocycles. The van der Waals surface area contributed by atoms with E-state index in [4.69, 9.17) is 23.7 Å². The minimum atomic E-state index is -0.793. The van der Waals surface area contributed by atoms with E-state index in [9.17, 15) is 9.90 Å². The van der Waals surface area contributed by atoms with Gasteiger partial charge in [0.05, 0.1) is 63.4 Å². The summed E-state index contributed by atoms with van der Waals surface area (Å²) in [5.41, 5.74) is 2.17. The van der Waals surface area contributed by atoms with Gasteiger partial charge in [0.2, 0.25) is 0 Å². The van der Waals surface area contributed by atoms with E-state index in [1.807, 2.05) is 60.7 Å². The molecule has 2 fully saturated rings. The molecule has 4 rings (SSSR count). The van der Waals surface area contributed by atoms with Crippen LogP contribution in [0.3, 0.4) is 0 Å². The quantitative estimate of drug-likeness (QED) is 0.533. The molecule has 2 aliphatic heterocycles. The Morgan fingerprint density at radius 2 is 1.53 bits per heavy atom. The number of carbonyl (C=O) groups excluding carboxylic acids is 1. The van der Waals surface area contributed by atoms with Crippen LogP contribution in [-0.4, -0.2) is 60.9 Å². The first-order valence-corrected chi connectivity index (χ1v) is 12.0. The highest BCUT2D eigenvalue weighted by atomic mass is 16.6. The smallest absolute Gasteiger partial charge is 0.308 e. The largest absolute Gasteiger partial charge is 0.466 e. The zero-order valence-electron chi connectivity index (χ0n) is 19.6. The van der Waals surface area contributed by atoms with Crippen LogP contribution >= 0.6 is 0 Å². The molecular formula is C27H34O7. The Morgan fingerprint density at radius 1 is 0.912 bits per heavy atom. The van der Waals surface area contributed by atoms with Crippen LogP contribution in [0.15, 0.2) is 60.7 Å². The van der Waals surface area contributed by atoms with Crippen LogP contribution in [-0.2, 0) is 41.7 Å². The Morgan fingerprint density at radius 3 is 2.21 bits per heavy atom. The van der Waals surface area contributed by atoms with Crippen molar-refractivity contribution in [2.45, 2.75) is 76.0 Å². The molecule has 34 heavy (non-hydrogen) atoms. The number of hydrogen-bond acceptors (Lipinski definition) is 7. The number of esters is 1. The summed E-state index contributed by atoms with van der Waals surface area (Å²) >= 11 is 0. The summed E-state index contributed by atoms with van der Waals surface area (Å²) in [6, 6.07) is 20.0. The van der Waals surface area contributed by atoms with Crippen LogP contribution in [0.1, 0.15) is 37.3 Å². The normalized spacial score (nSPS) is 28.8. The highest BCUT2D eigenvalue weighted by Gasteiger charge is 2.46. The molecule has 0 aromatic heterocycles. The number of hydrogen-bond donors (Lipinski definition) is 1. The summed E-state index contributed by atoms with van der Waals surface area (Å²) in [7, 11) is 0. The van der Waals surface area contributed by atoms with Gasteiger partial charge in [-0.05, 0) is 18.1 Å². The number of carbonyl (C=O) groups is 1. The fourth-order valence-electron chi connectivity index (χ4n) is 4.52. The van der Waals surface area contributed by atoms with Crippen LogP contribution in [0.2, 0.25) is 0 Å². The highest BCUT2D eigenvalue weighted by molar-refractivity contribution is 5.70. The molecule has 2 aromatic rings. The number of benzene rings is 2. The predicted molar refractivity (Wildman–Crippen MR) is 125 cm³/mol. The summed E-state index contributed by atoms with van der Waals surface area (Å²) in [6.07, 6.45) is -1.45. The highest BCUT2D eigenvalue weighted by Crippen LogP contribution is 2.34. The van der Waals surface area contributed by atoms with E-state index < -0.39 is 12.2 Å². The van der Waals surface area contributed by atoms with E-state index in [0.29, 0.717) is 39.3 Å². The molecule has 0 amide bonds. The molecule has 0 spiro atoms. The maximum absolute atomic E-state index is 11.9. The maximum atomic E-state index is 11.9. The second-order valence-electron chi connectivity index (χ2n) is 8.81. The van der Waals surface area contributed by atoms with Gasteiger partial charge >= 0.3 is 5.97 Å². The van der Waals surface area contributed by atoms with Crippen LogP contribution in [0.4, 0.5) is 0 Å². The van der Waals surface area contributed by atoms with Crippen LogP contribution < -0.4 is 0 Å². The van der Waals surface area contributed by atoms with Gasteiger partial charge in [-0.25, -0.2) is 0 Å². The summed E-state index contributed by atoms with van der Waals surface area (Å²) < 4.78 is 29.8. The summed E-state index contributed by atoms with van der Waals surface area (Å²) in [6.45, 7) is 3.38. The average Bonchev–Trinajstić information content (AvgIpc) is 2.85. The fourth-order valence-corrected chi connectivity index (χ4v) is 4.52. The van der Waals surface area contributed by atoms with Crippen LogP contribution in [0.5, 0.6) is 0 Å². The van der Waals surface area contributed by atoms with Crippen LogP contribution in [0.25, 0.3) is 0 Å². The van der Waals surface area contributed by atoms with Crippen molar-refractivity contribution in [3.8, 4) is 0 Å². The molecule has 0 bridgehead atoms. The van der Waals surface area contributed by atoms with E-state index in [2.05, 4.69) is 0 Å². The molecule has 1 N–H and O–H groups in total. The minimum absolute atomic E-state index is 0.0252.